The zero-order valence-electron chi connectivity index (χ0n) is 8.73. The summed E-state index contributed by atoms with van der Waals surface area (Å²) in [6.07, 6.45) is 1.24. The molecule has 0 unspecified atom stereocenters. The highest BCUT2D eigenvalue weighted by Gasteiger charge is 2.23. The van der Waals surface area contributed by atoms with Crippen LogP contribution >= 0.6 is 0 Å². The Kier molecular flexibility index (Phi) is 3.53. The van der Waals surface area contributed by atoms with Crippen LogP contribution in [0.1, 0.15) is 26.7 Å². The lowest BCUT2D eigenvalue weighted by Crippen LogP contribution is -2.29. The van der Waals surface area contributed by atoms with E-state index in [9.17, 15) is 8.42 Å². The highest BCUT2D eigenvalue weighted by molar-refractivity contribution is 7.91. The molecule has 4 nitrogen and oxygen atoms in total. The lowest BCUT2D eigenvalue weighted by molar-refractivity contribution is 0.546. The number of rotatable bonds is 2. The summed E-state index contributed by atoms with van der Waals surface area (Å²) in [5.74, 6) is 1.39. The molecule has 82 valence electrons. The van der Waals surface area contributed by atoms with Crippen molar-refractivity contribution in [2.45, 2.75) is 32.7 Å². The van der Waals surface area contributed by atoms with E-state index in [2.05, 4.69) is 4.99 Å². The summed E-state index contributed by atoms with van der Waals surface area (Å²) in [4.78, 5) is 4.33. The van der Waals surface area contributed by atoms with E-state index in [-0.39, 0.29) is 23.5 Å². The topological polar surface area (TPSA) is 72.5 Å². The molecule has 0 amide bonds. The SMILES string of the molecule is CC(C)C(N)=NC1CCS(=O)(=O)CC1. The van der Waals surface area contributed by atoms with Gasteiger partial charge in [0.25, 0.3) is 0 Å². The van der Waals surface area contributed by atoms with Gasteiger partial charge >= 0.3 is 0 Å². The van der Waals surface area contributed by atoms with Gasteiger partial charge in [0, 0.05) is 5.92 Å². The van der Waals surface area contributed by atoms with E-state index < -0.39 is 9.84 Å². The molecule has 1 aliphatic rings. The maximum absolute atomic E-state index is 11.1. The molecule has 0 bridgehead atoms. The Bertz CT molecular complexity index is 306. The van der Waals surface area contributed by atoms with Crippen LogP contribution < -0.4 is 5.73 Å². The molecule has 0 spiro atoms. The normalized spacial score (nSPS) is 24.1. The first-order valence-corrected chi connectivity index (χ1v) is 6.76. The number of hydrogen-bond donors (Lipinski definition) is 1. The fourth-order valence-electron chi connectivity index (χ4n) is 1.37. The van der Waals surface area contributed by atoms with Crippen LogP contribution in [-0.4, -0.2) is 31.8 Å². The Morgan fingerprint density at radius 2 is 1.86 bits per heavy atom. The van der Waals surface area contributed by atoms with Crippen molar-refractivity contribution in [2.24, 2.45) is 16.6 Å². The van der Waals surface area contributed by atoms with Crippen LogP contribution in [0.5, 0.6) is 0 Å². The molecular formula is C9H18N2O2S. The van der Waals surface area contributed by atoms with Gasteiger partial charge in [0.2, 0.25) is 0 Å². The van der Waals surface area contributed by atoms with E-state index in [1.54, 1.807) is 0 Å². The molecule has 0 saturated carbocycles. The predicted octanol–water partition coefficient (Wildman–Crippen LogP) is 0.577. The molecular weight excluding hydrogens is 200 g/mol. The third-order valence-corrected chi connectivity index (χ3v) is 4.16. The molecule has 2 N–H and O–H groups in total. The quantitative estimate of drug-likeness (QED) is 0.544. The van der Waals surface area contributed by atoms with Gasteiger partial charge in [-0.2, -0.15) is 0 Å². The van der Waals surface area contributed by atoms with Crippen LogP contribution in [0.3, 0.4) is 0 Å². The van der Waals surface area contributed by atoms with Gasteiger partial charge < -0.3 is 5.73 Å². The van der Waals surface area contributed by atoms with Crippen LogP contribution in [0.4, 0.5) is 0 Å². The van der Waals surface area contributed by atoms with E-state index in [0.717, 1.165) is 0 Å². The summed E-state index contributed by atoms with van der Waals surface area (Å²) in [7, 11) is -2.78. The molecule has 0 aromatic carbocycles. The van der Waals surface area contributed by atoms with Gasteiger partial charge in [0.1, 0.15) is 9.84 Å². The highest BCUT2D eigenvalue weighted by atomic mass is 32.2. The van der Waals surface area contributed by atoms with Crippen molar-refractivity contribution < 1.29 is 8.42 Å². The Hall–Kier alpha value is -0.580. The van der Waals surface area contributed by atoms with E-state index >= 15 is 0 Å². The van der Waals surface area contributed by atoms with Gasteiger partial charge in [-0.25, -0.2) is 8.42 Å². The minimum Gasteiger partial charge on any atom is -0.387 e. The van der Waals surface area contributed by atoms with Gasteiger partial charge in [-0.1, -0.05) is 13.8 Å². The molecule has 5 heteroatoms. The zero-order valence-corrected chi connectivity index (χ0v) is 9.55. The van der Waals surface area contributed by atoms with Crippen LogP contribution in [0, 0.1) is 5.92 Å². The summed E-state index contributed by atoms with van der Waals surface area (Å²) < 4.78 is 22.3. The van der Waals surface area contributed by atoms with Crippen molar-refractivity contribution >= 4 is 15.7 Å². The van der Waals surface area contributed by atoms with Crippen molar-refractivity contribution in [3.05, 3.63) is 0 Å². The third-order valence-electron chi connectivity index (χ3n) is 2.45. The smallest absolute Gasteiger partial charge is 0.150 e. The maximum atomic E-state index is 11.1. The zero-order chi connectivity index (χ0) is 10.8. The predicted molar refractivity (Wildman–Crippen MR) is 58.1 cm³/mol. The molecule has 0 aromatic rings. The monoisotopic (exact) mass is 218 g/mol. The average Bonchev–Trinajstić information content (AvgIpc) is 2.08. The minimum atomic E-state index is -2.78. The molecule has 1 fully saturated rings. The van der Waals surface area contributed by atoms with Crippen molar-refractivity contribution in [1.29, 1.82) is 0 Å². The number of nitrogens with two attached hydrogens (primary N) is 1. The van der Waals surface area contributed by atoms with Crippen molar-refractivity contribution in [1.82, 2.24) is 0 Å². The highest BCUT2D eigenvalue weighted by Crippen LogP contribution is 2.15. The lowest BCUT2D eigenvalue weighted by atomic mass is 10.1. The Morgan fingerprint density at radius 1 is 1.36 bits per heavy atom. The molecule has 0 aromatic heterocycles. The van der Waals surface area contributed by atoms with E-state index in [0.29, 0.717) is 18.7 Å². The molecule has 1 heterocycles. The van der Waals surface area contributed by atoms with Crippen LogP contribution in [0.25, 0.3) is 0 Å². The average molecular weight is 218 g/mol. The van der Waals surface area contributed by atoms with Crippen molar-refractivity contribution in [3.8, 4) is 0 Å². The minimum absolute atomic E-state index is 0.112. The second-order valence-corrected chi connectivity index (χ2v) is 6.40. The van der Waals surface area contributed by atoms with Crippen molar-refractivity contribution in [2.75, 3.05) is 11.5 Å². The lowest BCUT2D eigenvalue weighted by Gasteiger charge is -2.19. The third kappa shape index (κ3) is 3.29. The van der Waals surface area contributed by atoms with Crippen molar-refractivity contribution in [3.63, 3.8) is 0 Å². The Labute approximate surface area is 85.5 Å². The number of amidine groups is 1. The first-order chi connectivity index (χ1) is 6.41. The van der Waals surface area contributed by atoms with E-state index in [4.69, 9.17) is 5.73 Å². The summed E-state index contributed by atoms with van der Waals surface area (Å²) >= 11 is 0. The second kappa shape index (κ2) is 4.29. The van der Waals surface area contributed by atoms with Gasteiger partial charge in [-0.05, 0) is 12.8 Å². The van der Waals surface area contributed by atoms with Gasteiger partial charge in [0.05, 0.1) is 23.4 Å². The summed E-state index contributed by atoms with van der Waals surface area (Å²) in [6.45, 7) is 3.97. The Balaban J connectivity index is 2.55. The summed E-state index contributed by atoms with van der Waals surface area (Å²) in [6, 6.07) is 0.112. The molecule has 1 saturated heterocycles. The summed E-state index contributed by atoms with van der Waals surface area (Å²) in [5.41, 5.74) is 5.72. The van der Waals surface area contributed by atoms with Gasteiger partial charge in [-0.15, -0.1) is 0 Å². The number of hydrogen-bond acceptors (Lipinski definition) is 3. The molecule has 0 radical (unpaired) electrons. The molecule has 0 atom stereocenters. The fourth-order valence-corrected chi connectivity index (χ4v) is 2.83. The summed E-state index contributed by atoms with van der Waals surface area (Å²) in [5, 5.41) is 0. The first-order valence-electron chi connectivity index (χ1n) is 4.94. The number of aliphatic imine (C=N–C) groups is 1. The van der Waals surface area contributed by atoms with Crippen LogP contribution in [-0.2, 0) is 9.84 Å². The van der Waals surface area contributed by atoms with Gasteiger partial charge in [0.15, 0.2) is 0 Å². The number of sulfone groups is 1. The fraction of sp³-hybridized carbons (Fsp3) is 0.889. The van der Waals surface area contributed by atoms with Crippen LogP contribution in [0.2, 0.25) is 0 Å². The van der Waals surface area contributed by atoms with Gasteiger partial charge in [-0.3, -0.25) is 4.99 Å². The van der Waals surface area contributed by atoms with Crippen LogP contribution in [0.15, 0.2) is 4.99 Å². The van der Waals surface area contributed by atoms with E-state index in [1.165, 1.54) is 0 Å². The molecule has 1 aliphatic heterocycles. The molecule has 0 aliphatic carbocycles. The largest absolute Gasteiger partial charge is 0.387 e. The molecule has 14 heavy (non-hydrogen) atoms. The second-order valence-electron chi connectivity index (χ2n) is 4.09. The maximum Gasteiger partial charge on any atom is 0.150 e. The number of nitrogens with zero attached hydrogens (tertiary/aromatic N) is 1. The van der Waals surface area contributed by atoms with E-state index in [1.807, 2.05) is 13.8 Å². The molecule has 1 rings (SSSR count). The Morgan fingerprint density at radius 3 is 2.29 bits per heavy atom. The first kappa shape index (κ1) is 11.5. The standard InChI is InChI=1S/C9H18N2O2S/c1-7(2)9(10)11-8-3-5-14(12,13)6-4-8/h7-8H,3-6H2,1-2H3,(H2,10,11).